The SMILES string of the molecule is Cc1ccc(N(C(C)C(=O)Nc2ccc3c(c2)oc2ccccc23)S(C)(=O)=O)cc1C. The number of hydrogen-bond donors (Lipinski definition) is 1. The highest BCUT2D eigenvalue weighted by molar-refractivity contribution is 7.92. The van der Waals surface area contributed by atoms with E-state index < -0.39 is 22.0 Å². The van der Waals surface area contributed by atoms with Gasteiger partial charge < -0.3 is 9.73 Å². The van der Waals surface area contributed by atoms with E-state index in [0.717, 1.165) is 38.0 Å². The third kappa shape index (κ3) is 4.01. The molecular weight excluding hydrogens is 412 g/mol. The van der Waals surface area contributed by atoms with Crippen molar-refractivity contribution in [2.45, 2.75) is 26.8 Å². The average molecular weight is 437 g/mol. The normalized spacial score (nSPS) is 12.8. The summed E-state index contributed by atoms with van der Waals surface area (Å²) in [6.07, 6.45) is 1.10. The Morgan fingerprint density at radius 1 is 0.935 bits per heavy atom. The molecule has 0 saturated carbocycles. The number of rotatable bonds is 5. The van der Waals surface area contributed by atoms with Gasteiger partial charge in [-0.3, -0.25) is 9.10 Å². The second-order valence-corrected chi connectivity index (χ2v) is 9.66. The lowest BCUT2D eigenvalue weighted by Crippen LogP contribution is -2.45. The predicted molar refractivity (Wildman–Crippen MR) is 125 cm³/mol. The second-order valence-electron chi connectivity index (χ2n) is 7.80. The van der Waals surface area contributed by atoms with Crippen LogP contribution in [0.15, 0.2) is 65.1 Å². The predicted octanol–water partition coefficient (Wildman–Crippen LogP) is 5.00. The van der Waals surface area contributed by atoms with Gasteiger partial charge in [-0.15, -0.1) is 0 Å². The van der Waals surface area contributed by atoms with E-state index in [2.05, 4.69) is 5.32 Å². The van der Waals surface area contributed by atoms with Gasteiger partial charge in [-0.05, 0) is 62.2 Å². The molecule has 4 aromatic rings. The van der Waals surface area contributed by atoms with Gasteiger partial charge in [0.25, 0.3) is 0 Å². The average Bonchev–Trinajstić information content (AvgIpc) is 3.07. The van der Waals surface area contributed by atoms with Crippen molar-refractivity contribution >= 4 is 49.2 Å². The molecule has 0 aliphatic carbocycles. The highest BCUT2D eigenvalue weighted by Gasteiger charge is 2.29. The number of fused-ring (bicyclic) bond motifs is 3. The van der Waals surface area contributed by atoms with Crippen molar-refractivity contribution in [1.29, 1.82) is 0 Å². The van der Waals surface area contributed by atoms with E-state index >= 15 is 0 Å². The summed E-state index contributed by atoms with van der Waals surface area (Å²) in [4.78, 5) is 13.0. The molecule has 1 atom stereocenters. The van der Waals surface area contributed by atoms with Crippen molar-refractivity contribution in [3.05, 3.63) is 71.8 Å². The van der Waals surface area contributed by atoms with Gasteiger partial charge in [0.2, 0.25) is 15.9 Å². The van der Waals surface area contributed by atoms with Crippen LogP contribution in [0.5, 0.6) is 0 Å². The van der Waals surface area contributed by atoms with Crippen LogP contribution in [0.2, 0.25) is 0 Å². The van der Waals surface area contributed by atoms with Gasteiger partial charge in [-0.2, -0.15) is 0 Å². The Labute approximate surface area is 181 Å². The fourth-order valence-electron chi connectivity index (χ4n) is 3.72. The zero-order chi connectivity index (χ0) is 22.3. The van der Waals surface area contributed by atoms with E-state index in [1.165, 1.54) is 0 Å². The first-order valence-corrected chi connectivity index (χ1v) is 11.8. The molecule has 1 aromatic heterocycles. The van der Waals surface area contributed by atoms with Gasteiger partial charge in [0.1, 0.15) is 17.2 Å². The number of sulfonamides is 1. The van der Waals surface area contributed by atoms with Gasteiger partial charge in [0.15, 0.2) is 0 Å². The summed E-state index contributed by atoms with van der Waals surface area (Å²) in [6.45, 7) is 5.44. The molecule has 0 saturated heterocycles. The zero-order valence-corrected chi connectivity index (χ0v) is 18.7. The smallest absolute Gasteiger partial charge is 0.247 e. The molecule has 0 spiro atoms. The second kappa shape index (κ2) is 7.74. The van der Waals surface area contributed by atoms with E-state index in [1.807, 2.05) is 50.2 Å². The summed E-state index contributed by atoms with van der Waals surface area (Å²) in [5.41, 5.74) is 4.42. The van der Waals surface area contributed by atoms with Crippen LogP contribution in [0.4, 0.5) is 11.4 Å². The van der Waals surface area contributed by atoms with E-state index in [9.17, 15) is 13.2 Å². The molecule has 1 heterocycles. The molecule has 0 radical (unpaired) electrons. The van der Waals surface area contributed by atoms with Crippen molar-refractivity contribution in [2.75, 3.05) is 15.9 Å². The van der Waals surface area contributed by atoms with Crippen LogP contribution >= 0.6 is 0 Å². The number of carbonyl (C=O) groups excluding carboxylic acids is 1. The first-order valence-electron chi connectivity index (χ1n) is 9.94. The lowest BCUT2D eigenvalue weighted by molar-refractivity contribution is -0.116. The van der Waals surface area contributed by atoms with Crippen LogP contribution < -0.4 is 9.62 Å². The minimum atomic E-state index is -3.68. The Balaban J connectivity index is 1.64. The highest BCUT2D eigenvalue weighted by atomic mass is 32.2. The number of para-hydroxylation sites is 1. The van der Waals surface area contributed by atoms with Crippen molar-refractivity contribution in [1.82, 2.24) is 0 Å². The molecule has 7 heteroatoms. The maximum atomic E-state index is 13.0. The summed E-state index contributed by atoms with van der Waals surface area (Å²) in [6, 6.07) is 17.6. The van der Waals surface area contributed by atoms with Gasteiger partial charge in [-0.1, -0.05) is 24.3 Å². The number of amides is 1. The van der Waals surface area contributed by atoms with Gasteiger partial charge in [0.05, 0.1) is 11.9 Å². The fraction of sp³-hybridized carbons (Fsp3) is 0.208. The van der Waals surface area contributed by atoms with Crippen LogP contribution in [0.3, 0.4) is 0 Å². The molecule has 0 aliphatic rings. The Kier molecular flexibility index (Phi) is 5.23. The highest BCUT2D eigenvalue weighted by Crippen LogP contribution is 2.30. The van der Waals surface area contributed by atoms with Crippen LogP contribution in [0, 0.1) is 13.8 Å². The maximum Gasteiger partial charge on any atom is 0.247 e. The number of hydrogen-bond acceptors (Lipinski definition) is 4. The van der Waals surface area contributed by atoms with E-state index in [0.29, 0.717) is 17.0 Å². The summed E-state index contributed by atoms with van der Waals surface area (Å²) in [5.74, 6) is -0.431. The molecule has 0 fully saturated rings. The van der Waals surface area contributed by atoms with Gasteiger partial charge in [-0.25, -0.2) is 8.42 Å². The minimum Gasteiger partial charge on any atom is -0.456 e. The Bertz CT molecular complexity index is 1410. The summed E-state index contributed by atoms with van der Waals surface area (Å²) >= 11 is 0. The van der Waals surface area contributed by atoms with Crippen molar-refractivity contribution < 1.29 is 17.6 Å². The third-order valence-corrected chi connectivity index (χ3v) is 6.72. The largest absolute Gasteiger partial charge is 0.456 e. The summed E-state index contributed by atoms with van der Waals surface area (Å²) in [7, 11) is -3.68. The number of benzene rings is 3. The van der Waals surface area contributed by atoms with E-state index in [1.54, 1.807) is 31.2 Å². The molecule has 1 amide bonds. The summed E-state index contributed by atoms with van der Waals surface area (Å²) in [5, 5.41) is 4.78. The third-order valence-electron chi connectivity index (χ3n) is 5.48. The molecule has 3 aromatic carbocycles. The van der Waals surface area contributed by atoms with E-state index in [4.69, 9.17) is 4.42 Å². The van der Waals surface area contributed by atoms with Gasteiger partial charge in [0, 0.05) is 22.5 Å². The molecule has 1 unspecified atom stereocenters. The number of nitrogens with zero attached hydrogens (tertiary/aromatic N) is 1. The number of anilines is 2. The Hall–Kier alpha value is -3.32. The number of furan rings is 1. The molecule has 0 aliphatic heterocycles. The maximum absolute atomic E-state index is 13.0. The number of nitrogens with one attached hydrogen (secondary N) is 1. The number of aryl methyl sites for hydroxylation is 2. The van der Waals surface area contributed by atoms with Crippen LogP contribution in [-0.4, -0.2) is 26.6 Å². The molecule has 6 nitrogen and oxygen atoms in total. The first kappa shape index (κ1) is 20.9. The topological polar surface area (TPSA) is 79.6 Å². The van der Waals surface area contributed by atoms with Crippen LogP contribution in [-0.2, 0) is 14.8 Å². The van der Waals surface area contributed by atoms with Crippen molar-refractivity contribution in [3.63, 3.8) is 0 Å². The van der Waals surface area contributed by atoms with E-state index in [-0.39, 0.29) is 0 Å². The summed E-state index contributed by atoms with van der Waals surface area (Å²) < 4.78 is 32.1. The number of carbonyl (C=O) groups is 1. The van der Waals surface area contributed by atoms with Crippen molar-refractivity contribution in [3.8, 4) is 0 Å². The molecule has 0 bridgehead atoms. The fourth-order valence-corrected chi connectivity index (χ4v) is 4.89. The molecular formula is C24H24N2O4S. The van der Waals surface area contributed by atoms with Crippen molar-refractivity contribution in [2.24, 2.45) is 0 Å². The lowest BCUT2D eigenvalue weighted by atomic mass is 10.1. The monoisotopic (exact) mass is 436 g/mol. The van der Waals surface area contributed by atoms with Gasteiger partial charge >= 0.3 is 0 Å². The molecule has 4 rings (SSSR count). The quantitative estimate of drug-likeness (QED) is 0.478. The standard InChI is InChI=1S/C24H24N2O4S/c1-15-9-11-19(13-16(15)2)26(31(4,28)29)17(3)24(27)25-18-10-12-21-20-7-5-6-8-22(20)30-23(21)14-18/h5-14,17H,1-4H3,(H,25,27). The van der Waals surface area contributed by atoms with Crippen LogP contribution in [0.25, 0.3) is 21.9 Å². The molecule has 1 N–H and O–H groups in total. The Morgan fingerprint density at radius 2 is 1.65 bits per heavy atom. The molecule has 31 heavy (non-hydrogen) atoms. The first-order chi connectivity index (χ1) is 14.6. The van der Waals surface area contributed by atoms with Crippen LogP contribution in [0.1, 0.15) is 18.1 Å². The minimum absolute atomic E-state index is 0.431. The zero-order valence-electron chi connectivity index (χ0n) is 17.8. The lowest BCUT2D eigenvalue weighted by Gasteiger charge is -2.28. The Morgan fingerprint density at radius 3 is 2.35 bits per heavy atom. The molecule has 160 valence electrons.